The number of hydrogen-bond acceptors (Lipinski definition) is 5. The zero-order chi connectivity index (χ0) is 25.5. The Hall–Kier alpha value is -3.25. The average molecular weight is 530 g/mol. The van der Waals surface area contributed by atoms with Gasteiger partial charge in [-0.3, -0.25) is 9.10 Å². The number of ether oxygens (including phenoxy) is 1. The molecule has 13 heteroatoms. The molecule has 3 aromatic rings. The van der Waals surface area contributed by atoms with E-state index in [0.29, 0.717) is 11.8 Å². The molecule has 1 aromatic heterocycles. The summed E-state index contributed by atoms with van der Waals surface area (Å²) in [6, 6.07) is 8.56. The first-order valence-electron chi connectivity index (χ1n) is 10.3. The zero-order valence-electron chi connectivity index (χ0n) is 18.2. The fourth-order valence-corrected chi connectivity index (χ4v) is 5.74. The van der Waals surface area contributed by atoms with Crippen molar-refractivity contribution >= 4 is 33.3 Å². The Balaban J connectivity index is 1.73. The van der Waals surface area contributed by atoms with E-state index in [0.717, 1.165) is 4.31 Å². The van der Waals surface area contributed by atoms with Crippen LogP contribution in [0.25, 0.3) is 0 Å². The maximum absolute atomic E-state index is 14.1. The number of hydrogen-bond donors (Lipinski definition) is 1. The van der Waals surface area contributed by atoms with E-state index < -0.39 is 45.7 Å². The Morgan fingerprint density at radius 1 is 1.31 bits per heavy atom. The SMILES string of the molecule is Cc1nn(C(F)F)cc1S(=O)(=O)N1CC(C(=O)O)Cc2ccc(OCc3c(F)cccc3Cl)cc21. The fourth-order valence-electron chi connectivity index (χ4n) is 3.82. The standard InChI is InChI=1S/C22H19ClF3N3O5S/c1-12-20(10-28(27-12)22(25)26)35(32,33)29-9-14(21(30)31)7-13-5-6-15(8-19(13)29)34-11-16-17(23)3-2-4-18(16)24/h2-6,8,10,14,22H,7,9,11H2,1H3,(H,30,31). The normalized spacial score (nSPS) is 15.8. The Morgan fingerprint density at radius 2 is 2.06 bits per heavy atom. The Morgan fingerprint density at radius 3 is 2.69 bits per heavy atom. The molecule has 8 nitrogen and oxygen atoms in total. The molecule has 4 rings (SSSR count). The van der Waals surface area contributed by atoms with Crippen molar-refractivity contribution in [2.45, 2.75) is 31.4 Å². The predicted molar refractivity (Wildman–Crippen MR) is 120 cm³/mol. The predicted octanol–water partition coefficient (Wildman–Crippen LogP) is 4.41. The smallest absolute Gasteiger partial charge is 0.333 e. The second kappa shape index (κ2) is 9.42. The van der Waals surface area contributed by atoms with E-state index >= 15 is 0 Å². The third-order valence-electron chi connectivity index (χ3n) is 5.61. The van der Waals surface area contributed by atoms with Crippen molar-refractivity contribution in [2.24, 2.45) is 5.92 Å². The van der Waals surface area contributed by atoms with Gasteiger partial charge in [0.15, 0.2) is 0 Å². The van der Waals surface area contributed by atoms with Gasteiger partial charge < -0.3 is 9.84 Å². The molecule has 1 unspecified atom stereocenters. The number of carboxylic acids is 1. The molecule has 0 radical (unpaired) electrons. The number of rotatable bonds is 7. The third kappa shape index (κ3) is 4.80. The molecule has 1 aliphatic rings. The van der Waals surface area contributed by atoms with Gasteiger partial charge in [-0.05, 0) is 37.1 Å². The number of aromatic nitrogens is 2. The highest BCUT2D eigenvalue weighted by Gasteiger charge is 2.38. The van der Waals surface area contributed by atoms with Gasteiger partial charge in [-0.1, -0.05) is 23.7 Å². The summed E-state index contributed by atoms with van der Waals surface area (Å²) in [6.07, 6.45) is 0.755. The Kier molecular flexibility index (Phi) is 6.69. The summed E-state index contributed by atoms with van der Waals surface area (Å²) in [7, 11) is -4.47. The van der Waals surface area contributed by atoms with E-state index in [-0.39, 0.29) is 45.4 Å². The number of anilines is 1. The van der Waals surface area contributed by atoms with Gasteiger partial charge in [-0.15, -0.1) is 0 Å². The lowest BCUT2D eigenvalue weighted by Crippen LogP contribution is -2.42. The summed E-state index contributed by atoms with van der Waals surface area (Å²) in [5, 5.41) is 13.3. The molecule has 186 valence electrons. The Labute approximate surface area is 203 Å². The molecule has 2 aromatic carbocycles. The van der Waals surface area contributed by atoms with Crippen LogP contribution in [0.1, 0.15) is 23.4 Å². The second-order valence-corrected chi connectivity index (χ2v) is 10.1. The summed E-state index contributed by atoms with van der Waals surface area (Å²) in [5.41, 5.74) is 0.481. The maximum atomic E-state index is 14.1. The molecule has 1 aliphatic heterocycles. The van der Waals surface area contributed by atoms with E-state index in [2.05, 4.69) is 5.10 Å². The first-order chi connectivity index (χ1) is 16.5. The molecular weight excluding hydrogens is 511 g/mol. The molecule has 35 heavy (non-hydrogen) atoms. The molecule has 0 fully saturated rings. The fraction of sp³-hybridized carbons (Fsp3) is 0.273. The minimum atomic E-state index is -4.47. The van der Waals surface area contributed by atoms with Gasteiger partial charge in [-0.25, -0.2) is 17.5 Å². The molecular formula is C22H19ClF3N3O5S. The van der Waals surface area contributed by atoms with Crippen molar-refractivity contribution in [3.8, 4) is 5.75 Å². The number of carboxylic acid groups (broad SMARTS) is 1. The van der Waals surface area contributed by atoms with E-state index in [9.17, 15) is 31.5 Å². The lowest BCUT2D eigenvalue weighted by atomic mass is 9.94. The van der Waals surface area contributed by atoms with Gasteiger partial charge in [0.25, 0.3) is 10.0 Å². The lowest BCUT2D eigenvalue weighted by Gasteiger charge is -2.33. The van der Waals surface area contributed by atoms with Crippen LogP contribution in [0.3, 0.4) is 0 Å². The number of aliphatic carboxylic acids is 1. The highest BCUT2D eigenvalue weighted by molar-refractivity contribution is 7.92. The number of fused-ring (bicyclic) bond motifs is 1. The van der Waals surface area contributed by atoms with Gasteiger partial charge in [0.1, 0.15) is 23.1 Å². The van der Waals surface area contributed by atoms with Crippen molar-refractivity contribution in [1.29, 1.82) is 0 Å². The van der Waals surface area contributed by atoms with Crippen LogP contribution in [0.4, 0.5) is 18.9 Å². The molecule has 1 atom stereocenters. The van der Waals surface area contributed by atoms with Gasteiger partial charge in [0.05, 0.1) is 28.5 Å². The molecule has 0 saturated carbocycles. The molecule has 0 aliphatic carbocycles. The summed E-state index contributed by atoms with van der Waals surface area (Å²) in [5.74, 6) is -2.66. The minimum absolute atomic E-state index is 0.0470. The molecule has 0 bridgehead atoms. The highest BCUT2D eigenvalue weighted by Crippen LogP contribution is 2.38. The van der Waals surface area contributed by atoms with E-state index in [1.807, 2.05) is 0 Å². The van der Waals surface area contributed by atoms with Crippen LogP contribution in [0, 0.1) is 18.7 Å². The van der Waals surface area contributed by atoms with Crippen LogP contribution in [0.15, 0.2) is 47.5 Å². The topological polar surface area (TPSA) is 102 Å². The van der Waals surface area contributed by atoms with E-state index in [1.54, 1.807) is 0 Å². The number of benzene rings is 2. The van der Waals surface area contributed by atoms with Gasteiger partial charge in [-0.2, -0.15) is 13.9 Å². The summed E-state index contributed by atoms with van der Waals surface area (Å²) in [4.78, 5) is 11.2. The van der Waals surface area contributed by atoms with Crippen molar-refractivity contribution in [2.75, 3.05) is 10.8 Å². The summed E-state index contributed by atoms with van der Waals surface area (Å²) in [6.45, 7) is -2.45. The quantitative estimate of drug-likeness (QED) is 0.486. The van der Waals surface area contributed by atoms with Crippen LogP contribution < -0.4 is 9.04 Å². The van der Waals surface area contributed by atoms with Crippen molar-refractivity contribution in [3.05, 3.63) is 70.3 Å². The molecule has 2 heterocycles. The van der Waals surface area contributed by atoms with E-state index in [4.69, 9.17) is 16.3 Å². The second-order valence-electron chi connectivity index (χ2n) is 7.89. The van der Waals surface area contributed by atoms with E-state index in [1.165, 1.54) is 43.3 Å². The van der Waals surface area contributed by atoms with Crippen LogP contribution in [-0.4, -0.2) is 35.8 Å². The monoisotopic (exact) mass is 529 g/mol. The Bertz CT molecular complexity index is 1380. The van der Waals surface area contributed by atoms with Crippen molar-refractivity contribution in [1.82, 2.24) is 9.78 Å². The number of nitrogens with zero attached hydrogens (tertiary/aromatic N) is 3. The molecule has 0 amide bonds. The zero-order valence-corrected chi connectivity index (χ0v) is 19.7. The summed E-state index contributed by atoms with van der Waals surface area (Å²) < 4.78 is 73.9. The number of aryl methyl sites for hydroxylation is 1. The summed E-state index contributed by atoms with van der Waals surface area (Å²) >= 11 is 6.02. The van der Waals surface area contributed by atoms with Gasteiger partial charge in [0.2, 0.25) is 0 Å². The average Bonchev–Trinajstić information content (AvgIpc) is 3.20. The van der Waals surface area contributed by atoms with Crippen LogP contribution in [0.2, 0.25) is 5.02 Å². The number of alkyl halides is 2. The number of carbonyl (C=O) groups is 1. The van der Waals surface area contributed by atoms with Crippen LogP contribution in [-0.2, 0) is 27.8 Å². The minimum Gasteiger partial charge on any atom is -0.489 e. The first-order valence-corrected chi connectivity index (χ1v) is 12.1. The largest absolute Gasteiger partial charge is 0.489 e. The maximum Gasteiger partial charge on any atom is 0.333 e. The first kappa shape index (κ1) is 24.9. The van der Waals surface area contributed by atoms with Crippen molar-refractivity contribution < 1.29 is 36.2 Å². The van der Waals surface area contributed by atoms with Crippen LogP contribution in [0.5, 0.6) is 5.75 Å². The van der Waals surface area contributed by atoms with Gasteiger partial charge in [0, 0.05) is 18.2 Å². The van der Waals surface area contributed by atoms with Crippen molar-refractivity contribution in [3.63, 3.8) is 0 Å². The number of sulfonamides is 1. The number of halogens is 4. The van der Waals surface area contributed by atoms with Gasteiger partial charge >= 0.3 is 12.5 Å². The van der Waals surface area contributed by atoms with Crippen LogP contribution >= 0.6 is 11.6 Å². The molecule has 0 spiro atoms. The molecule has 1 N–H and O–H groups in total. The lowest BCUT2D eigenvalue weighted by molar-refractivity contribution is -0.141. The molecule has 0 saturated heterocycles. The highest BCUT2D eigenvalue weighted by atomic mass is 35.5. The third-order valence-corrected chi connectivity index (χ3v) is 7.85.